The summed E-state index contributed by atoms with van der Waals surface area (Å²) >= 11 is 0. The molecular formula is C23H37NO3. The number of hydrogen-bond acceptors (Lipinski definition) is 3. The van der Waals surface area contributed by atoms with Crippen LogP contribution in [0.3, 0.4) is 0 Å². The van der Waals surface area contributed by atoms with Gasteiger partial charge in [-0.1, -0.05) is 43.3 Å². The van der Waals surface area contributed by atoms with Crippen LogP contribution in [0.15, 0.2) is 11.6 Å². The van der Waals surface area contributed by atoms with Crippen molar-refractivity contribution in [3.05, 3.63) is 11.6 Å². The van der Waals surface area contributed by atoms with Crippen molar-refractivity contribution in [1.29, 1.82) is 0 Å². The summed E-state index contributed by atoms with van der Waals surface area (Å²) in [5.74, 6) is 7.21. The van der Waals surface area contributed by atoms with Crippen LogP contribution in [0.4, 0.5) is 0 Å². The number of unbranched alkanes of at least 4 members (excludes halogenated alkanes) is 3. The maximum absolute atomic E-state index is 11.6. The van der Waals surface area contributed by atoms with Gasteiger partial charge in [-0.3, -0.25) is 4.79 Å². The van der Waals surface area contributed by atoms with Gasteiger partial charge in [-0.2, -0.15) is 0 Å². The van der Waals surface area contributed by atoms with Gasteiger partial charge in [-0.15, -0.1) is 0 Å². The molecule has 1 saturated carbocycles. The lowest BCUT2D eigenvalue weighted by Gasteiger charge is -2.16. The van der Waals surface area contributed by atoms with Crippen LogP contribution in [0.2, 0.25) is 0 Å². The fraction of sp³-hybridized carbons (Fsp3) is 0.783. The number of aliphatic hydroxyl groups is 2. The van der Waals surface area contributed by atoms with Gasteiger partial charge in [-0.05, 0) is 56.8 Å². The molecule has 4 heteroatoms. The van der Waals surface area contributed by atoms with Crippen molar-refractivity contribution >= 4 is 5.91 Å². The molecule has 0 bridgehead atoms. The second kappa shape index (κ2) is 10.9. The summed E-state index contributed by atoms with van der Waals surface area (Å²) in [7, 11) is 3.60. The Kier molecular flexibility index (Phi) is 8.86. The fourth-order valence-electron chi connectivity index (χ4n) is 4.39. The predicted octanol–water partition coefficient (Wildman–Crippen LogP) is 3.52. The normalized spacial score (nSPS) is 27.5. The molecular weight excluding hydrogens is 338 g/mol. The van der Waals surface area contributed by atoms with Crippen LogP contribution in [-0.4, -0.2) is 47.3 Å². The molecule has 0 aromatic rings. The average Bonchev–Trinajstić information content (AvgIpc) is 3.13. The Labute approximate surface area is 165 Å². The molecule has 0 radical (unpaired) electrons. The van der Waals surface area contributed by atoms with Crippen molar-refractivity contribution in [3.8, 4) is 11.8 Å². The van der Waals surface area contributed by atoms with Gasteiger partial charge in [0.15, 0.2) is 0 Å². The van der Waals surface area contributed by atoms with Crippen molar-refractivity contribution < 1.29 is 15.0 Å². The van der Waals surface area contributed by atoms with Crippen LogP contribution in [-0.2, 0) is 4.79 Å². The highest BCUT2D eigenvalue weighted by Crippen LogP contribution is 2.47. The highest BCUT2D eigenvalue weighted by atomic mass is 16.3. The molecule has 2 aliphatic carbocycles. The predicted molar refractivity (Wildman–Crippen MR) is 109 cm³/mol. The Morgan fingerprint density at radius 3 is 2.78 bits per heavy atom. The maximum atomic E-state index is 11.6. The van der Waals surface area contributed by atoms with Gasteiger partial charge in [0.1, 0.15) is 6.10 Å². The van der Waals surface area contributed by atoms with E-state index in [4.69, 9.17) is 0 Å². The van der Waals surface area contributed by atoms with E-state index in [1.165, 1.54) is 5.57 Å². The van der Waals surface area contributed by atoms with Gasteiger partial charge in [0, 0.05) is 20.5 Å². The first-order chi connectivity index (χ1) is 12.9. The van der Waals surface area contributed by atoms with E-state index in [-0.39, 0.29) is 17.9 Å². The summed E-state index contributed by atoms with van der Waals surface area (Å²) in [6.07, 6.45) is 10.9. The minimum atomic E-state index is -0.564. The molecule has 2 rings (SSSR count). The van der Waals surface area contributed by atoms with E-state index in [0.29, 0.717) is 18.3 Å². The van der Waals surface area contributed by atoms with Crippen LogP contribution in [0.1, 0.15) is 71.1 Å². The van der Waals surface area contributed by atoms with Crippen LogP contribution in [0.5, 0.6) is 0 Å². The van der Waals surface area contributed by atoms with E-state index in [9.17, 15) is 15.0 Å². The lowest BCUT2D eigenvalue weighted by atomic mass is 9.89. The standard InChI is InChI=1S/C23H37NO3/c1-4-5-6-10-19(25)12-13-20-21-15-17(14-18(21)16-22(20)26)9-7-8-11-23(27)24(2)3/h14,18-22,25-26H,4-11,15-16H2,1-3H3/t18-,19-,20+,21-,22+/m0/s1. The number of carbonyl (C=O) groups excluding carboxylic acids is 1. The first kappa shape index (κ1) is 22.0. The van der Waals surface area contributed by atoms with Gasteiger partial charge in [0.25, 0.3) is 0 Å². The zero-order valence-electron chi connectivity index (χ0n) is 17.3. The van der Waals surface area contributed by atoms with E-state index in [2.05, 4.69) is 24.8 Å². The summed E-state index contributed by atoms with van der Waals surface area (Å²) < 4.78 is 0. The molecule has 0 aromatic carbocycles. The molecule has 0 unspecified atom stereocenters. The minimum absolute atomic E-state index is 0.0140. The van der Waals surface area contributed by atoms with E-state index in [1.54, 1.807) is 19.0 Å². The summed E-state index contributed by atoms with van der Waals surface area (Å²) in [6, 6.07) is 0. The fourth-order valence-corrected chi connectivity index (χ4v) is 4.39. The SMILES string of the molecule is CCCCC[C@H](O)C#C[C@@H]1[C@H]2CC(CCCCC(=O)N(C)C)=C[C@H]2C[C@H]1O. The van der Waals surface area contributed by atoms with Gasteiger partial charge in [0.05, 0.1) is 12.0 Å². The summed E-state index contributed by atoms with van der Waals surface area (Å²) in [6.45, 7) is 2.15. The van der Waals surface area contributed by atoms with Crippen LogP contribution < -0.4 is 0 Å². The third-order valence-electron chi connectivity index (χ3n) is 6.02. The number of aliphatic hydroxyl groups excluding tert-OH is 2. The van der Waals surface area contributed by atoms with Crippen LogP contribution in [0, 0.1) is 29.6 Å². The van der Waals surface area contributed by atoms with E-state index >= 15 is 0 Å². The lowest BCUT2D eigenvalue weighted by molar-refractivity contribution is -0.128. The Bertz CT molecular complexity index is 572. The van der Waals surface area contributed by atoms with E-state index in [0.717, 1.165) is 57.8 Å². The second-order valence-corrected chi connectivity index (χ2v) is 8.48. The largest absolute Gasteiger partial charge is 0.392 e. The van der Waals surface area contributed by atoms with Crippen molar-refractivity contribution in [2.24, 2.45) is 17.8 Å². The molecule has 27 heavy (non-hydrogen) atoms. The minimum Gasteiger partial charge on any atom is -0.392 e. The summed E-state index contributed by atoms with van der Waals surface area (Å²) in [4.78, 5) is 13.3. The molecule has 1 amide bonds. The number of hydrogen-bond donors (Lipinski definition) is 2. The smallest absolute Gasteiger partial charge is 0.222 e. The van der Waals surface area contributed by atoms with Gasteiger partial charge < -0.3 is 15.1 Å². The molecule has 2 aliphatic rings. The quantitative estimate of drug-likeness (QED) is 0.368. The zero-order chi connectivity index (χ0) is 19.8. The van der Waals surface area contributed by atoms with Crippen molar-refractivity contribution in [2.45, 2.75) is 83.3 Å². The summed E-state index contributed by atoms with van der Waals surface area (Å²) in [5.41, 5.74) is 1.46. The van der Waals surface area contributed by atoms with Crippen LogP contribution in [0.25, 0.3) is 0 Å². The average molecular weight is 376 g/mol. The topological polar surface area (TPSA) is 60.8 Å². The van der Waals surface area contributed by atoms with Gasteiger partial charge in [-0.25, -0.2) is 0 Å². The summed E-state index contributed by atoms with van der Waals surface area (Å²) in [5, 5.41) is 20.4. The number of fused-ring (bicyclic) bond motifs is 1. The third kappa shape index (κ3) is 6.66. The third-order valence-corrected chi connectivity index (χ3v) is 6.02. The van der Waals surface area contributed by atoms with E-state index < -0.39 is 6.10 Å². The van der Waals surface area contributed by atoms with Crippen molar-refractivity contribution in [2.75, 3.05) is 14.1 Å². The molecule has 1 fully saturated rings. The molecule has 4 nitrogen and oxygen atoms in total. The number of amides is 1. The molecule has 2 N–H and O–H groups in total. The Balaban J connectivity index is 1.78. The van der Waals surface area contributed by atoms with Gasteiger partial charge in [0.2, 0.25) is 5.91 Å². The first-order valence-electron chi connectivity index (χ1n) is 10.7. The second-order valence-electron chi connectivity index (χ2n) is 8.48. The molecule has 5 atom stereocenters. The molecule has 152 valence electrons. The Morgan fingerprint density at radius 1 is 1.30 bits per heavy atom. The van der Waals surface area contributed by atoms with Crippen molar-refractivity contribution in [1.82, 2.24) is 4.90 Å². The Hall–Kier alpha value is -1.31. The Morgan fingerprint density at radius 2 is 2.07 bits per heavy atom. The maximum Gasteiger partial charge on any atom is 0.222 e. The highest BCUT2D eigenvalue weighted by molar-refractivity contribution is 5.75. The van der Waals surface area contributed by atoms with Crippen molar-refractivity contribution in [3.63, 3.8) is 0 Å². The number of rotatable bonds is 9. The molecule has 0 aromatic heterocycles. The monoisotopic (exact) mass is 375 g/mol. The molecule has 0 aliphatic heterocycles. The number of nitrogens with zero attached hydrogens (tertiary/aromatic N) is 1. The van der Waals surface area contributed by atoms with Crippen LogP contribution >= 0.6 is 0 Å². The molecule has 0 heterocycles. The number of carbonyl (C=O) groups is 1. The van der Waals surface area contributed by atoms with E-state index in [1.807, 2.05) is 0 Å². The van der Waals surface area contributed by atoms with Gasteiger partial charge >= 0.3 is 0 Å². The number of allylic oxidation sites excluding steroid dienone is 2. The molecule has 0 spiro atoms. The lowest BCUT2D eigenvalue weighted by Crippen LogP contribution is -2.21. The zero-order valence-corrected chi connectivity index (χ0v) is 17.3. The highest BCUT2D eigenvalue weighted by Gasteiger charge is 2.43. The first-order valence-corrected chi connectivity index (χ1v) is 10.7. The molecule has 0 saturated heterocycles.